The van der Waals surface area contributed by atoms with Gasteiger partial charge in [-0.3, -0.25) is 0 Å². The number of rotatable bonds is 4. The van der Waals surface area contributed by atoms with Crippen LogP contribution in [0.1, 0.15) is 27.7 Å². The normalized spacial score (nSPS) is 29.1. The largest absolute Gasteiger partial charge is 0.376 e. The van der Waals surface area contributed by atoms with Gasteiger partial charge in [0, 0.05) is 0 Å². The van der Waals surface area contributed by atoms with Crippen molar-refractivity contribution in [2.45, 2.75) is 52.1 Å². The summed E-state index contributed by atoms with van der Waals surface area (Å²) in [6.45, 7) is 9.45. The zero-order chi connectivity index (χ0) is 9.84. The summed E-state index contributed by atoms with van der Waals surface area (Å²) < 4.78 is 16.7. The summed E-state index contributed by atoms with van der Waals surface area (Å²) in [6.07, 6.45) is 0.708. The maximum Gasteiger partial charge on any atom is 0.110 e. The molecule has 0 aromatic heterocycles. The first-order valence-corrected chi connectivity index (χ1v) is 4.98. The van der Waals surface area contributed by atoms with Crippen LogP contribution in [0.3, 0.4) is 0 Å². The van der Waals surface area contributed by atoms with Gasteiger partial charge in [-0.2, -0.15) is 0 Å². The van der Waals surface area contributed by atoms with E-state index in [9.17, 15) is 0 Å². The molecule has 13 heavy (non-hydrogen) atoms. The molecule has 0 aromatic rings. The van der Waals surface area contributed by atoms with E-state index in [4.69, 9.17) is 14.2 Å². The van der Waals surface area contributed by atoms with Crippen molar-refractivity contribution in [1.29, 1.82) is 0 Å². The lowest BCUT2D eigenvalue weighted by atomic mass is 10.2. The molecule has 1 fully saturated rings. The Morgan fingerprint density at radius 1 is 0.923 bits per heavy atom. The van der Waals surface area contributed by atoms with Gasteiger partial charge in [0.1, 0.15) is 12.2 Å². The van der Waals surface area contributed by atoms with Crippen LogP contribution in [-0.4, -0.2) is 37.6 Å². The van der Waals surface area contributed by atoms with Crippen molar-refractivity contribution < 1.29 is 14.2 Å². The lowest BCUT2D eigenvalue weighted by molar-refractivity contribution is -0.0855. The van der Waals surface area contributed by atoms with Gasteiger partial charge in [0.15, 0.2) is 0 Å². The molecule has 0 aliphatic carbocycles. The average molecular weight is 188 g/mol. The molecule has 0 unspecified atom stereocenters. The van der Waals surface area contributed by atoms with Crippen molar-refractivity contribution >= 4 is 0 Å². The summed E-state index contributed by atoms with van der Waals surface area (Å²) in [7, 11) is 0. The summed E-state index contributed by atoms with van der Waals surface area (Å²) in [4.78, 5) is 0. The van der Waals surface area contributed by atoms with E-state index < -0.39 is 0 Å². The van der Waals surface area contributed by atoms with E-state index >= 15 is 0 Å². The summed E-state index contributed by atoms with van der Waals surface area (Å²) in [5, 5.41) is 0. The molecule has 0 amide bonds. The van der Waals surface area contributed by atoms with Gasteiger partial charge < -0.3 is 14.2 Å². The number of hydrogen-bond donors (Lipinski definition) is 0. The molecule has 1 saturated heterocycles. The maximum absolute atomic E-state index is 5.67. The van der Waals surface area contributed by atoms with Gasteiger partial charge in [-0.25, -0.2) is 0 Å². The first-order valence-electron chi connectivity index (χ1n) is 4.98. The highest BCUT2D eigenvalue weighted by Crippen LogP contribution is 2.16. The third-order valence-electron chi connectivity index (χ3n) is 1.87. The molecule has 2 atom stereocenters. The predicted molar refractivity (Wildman–Crippen MR) is 50.8 cm³/mol. The van der Waals surface area contributed by atoms with Crippen LogP contribution < -0.4 is 0 Å². The van der Waals surface area contributed by atoms with Crippen molar-refractivity contribution in [3.8, 4) is 0 Å². The van der Waals surface area contributed by atoms with E-state index in [2.05, 4.69) is 0 Å². The third-order valence-corrected chi connectivity index (χ3v) is 1.87. The molecule has 0 saturated carbocycles. The van der Waals surface area contributed by atoms with Crippen molar-refractivity contribution in [2.24, 2.45) is 0 Å². The molecular formula is C10H20O3. The molecule has 0 spiro atoms. The van der Waals surface area contributed by atoms with E-state index in [-0.39, 0.29) is 24.4 Å². The van der Waals surface area contributed by atoms with Gasteiger partial charge >= 0.3 is 0 Å². The van der Waals surface area contributed by atoms with Crippen LogP contribution >= 0.6 is 0 Å². The van der Waals surface area contributed by atoms with E-state index in [0.29, 0.717) is 13.2 Å². The third kappa shape index (κ3) is 3.63. The van der Waals surface area contributed by atoms with Crippen LogP contribution in [0.2, 0.25) is 0 Å². The zero-order valence-corrected chi connectivity index (χ0v) is 8.95. The minimum absolute atomic E-state index is 0.113. The van der Waals surface area contributed by atoms with E-state index in [1.807, 2.05) is 27.7 Å². The second kappa shape index (κ2) is 4.94. The van der Waals surface area contributed by atoms with Crippen LogP contribution in [0.5, 0.6) is 0 Å². The number of hydrogen-bond acceptors (Lipinski definition) is 3. The lowest BCUT2D eigenvalue weighted by Gasteiger charge is -2.22. The smallest absolute Gasteiger partial charge is 0.110 e. The second-order valence-electron chi connectivity index (χ2n) is 3.98. The molecule has 0 aromatic carbocycles. The molecule has 78 valence electrons. The highest BCUT2D eigenvalue weighted by molar-refractivity contribution is 4.77. The Morgan fingerprint density at radius 2 is 1.31 bits per heavy atom. The van der Waals surface area contributed by atoms with Crippen LogP contribution in [0.25, 0.3) is 0 Å². The summed E-state index contributed by atoms with van der Waals surface area (Å²) >= 11 is 0. The van der Waals surface area contributed by atoms with E-state index in [1.165, 1.54) is 0 Å². The fourth-order valence-corrected chi connectivity index (χ4v) is 1.47. The fourth-order valence-electron chi connectivity index (χ4n) is 1.47. The molecule has 3 nitrogen and oxygen atoms in total. The second-order valence-corrected chi connectivity index (χ2v) is 3.98. The molecule has 1 aliphatic rings. The van der Waals surface area contributed by atoms with Crippen molar-refractivity contribution in [2.75, 3.05) is 13.2 Å². The number of ether oxygens (including phenoxy) is 3. The minimum Gasteiger partial charge on any atom is -0.376 e. The summed E-state index contributed by atoms with van der Waals surface area (Å²) in [5.74, 6) is 0. The minimum atomic E-state index is 0.113. The molecule has 1 rings (SSSR count). The first kappa shape index (κ1) is 11.0. The van der Waals surface area contributed by atoms with Gasteiger partial charge in [-0.15, -0.1) is 0 Å². The Balaban J connectivity index is 2.35. The SMILES string of the molecule is CC(C)O[C@@H]1COC[C@H]1OC(C)C. The Kier molecular flexibility index (Phi) is 4.16. The van der Waals surface area contributed by atoms with Gasteiger partial charge in [-0.1, -0.05) is 0 Å². The quantitative estimate of drug-likeness (QED) is 0.670. The van der Waals surface area contributed by atoms with Gasteiger partial charge in [-0.05, 0) is 27.7 Å². The van der Waals surface area contributed by atoms with Crippen molar-refractivity contribution in [3.63, 3.8) is 0 Å². The van der Waals surface area contributed by atoms with Gasteiger partial charge in [0.05, 0.1) is 25.4 Å². The Hall–Kier alpha value is -0.120. The van der Waals surface area contributed by atoms with Crippen LogP contribution in [0.4, 0.5) is 0 Å². The highest BCUT2D eigenvalue weighted by atomic mass is 16.6. The predicted octanol–water partition coefficient (Wildman–Crippen LogP) is 1.60. The molecule has 0 radical (unpaired) electrons. The fraction of sp³-hybridized carbons (Fsp3) is 1.00. The Morgan fingerprint density at radius 3 is 1.62 bits per heavy atom. The van der Waals surface area contributed by atoms with Crippen LogP contribution in [-0.2, 0) is 14.2 Å². The standard InChI is InChI=1S/C10H20O3/c1-7(2)12-9-5-11-6-10(9)13-8(3)4/h7-10H,5-6H2,1-4H3/t9-,10-/m1/s1. The highest BCUT2D eigenvalue weighted by Gasteiger charge is 2.31. The van der Waals surface area contributed by atoms with Gasteiger partial charge in [0.25, 0.3) is 0 Å². The summed E-state index contributed by atoms with van der Waals surface area (Å²) in [6, 6.07) is 0. The average Bonchev–Trinajstić information content (AvgIpc) is 2.34. The monoisotopic (exact) mass is 188 g/mol. The van der Waals surface area contributed by atoms with Crippen LogP contribution in [0, 0.1) is 0 Å². The zero-order valence-electron chi connectivity index (χ0n) is 8.95. The molecule has 3 heteroatoms. The van der Waals surface area contributed by atoms with Gasteiger partial charge in [0.2, 0.25) is 0 Å². The van der Waals surface area contributed by atoms with Crippen LogP contribution in [0.15, 0.2) is 0 Å². The maximum atomic E-state index is 5.67. The molecule has 0 bridgehead atoms. The van der Waals surface area contributed by atoms with Crippen molar-refractivity contribution in [1.82, 2.24) is 0 Å². The van der Waals surface area contributed by atoms with Crippen molar-refractivity contribution in [3.05, 3.63) is 0 Å². The molecule has 1 aliphatic heterocycles. The molecule has 1 heterocycles. The first-order chi connectivity index (χ1) is 6.09. The molecule has 0 N–H and O–H groups in total. The molecular weight excluding hydrogens is 168 g/mol. The Bertz CT molecular complexity index is 129. The topological polar surface area (TPSA) is 27.7 Å². The summed E-state index contributed by atoms with van der Waals surface area (Å²) in [5.41, 5.74) is 0. The lowest BCUT2D eigenvalue weighted by Crippen LogP contribution is -2.33. The van der Waals surface area contributed by atoms with E-state index in [0.717, 1.165) is 0 Å². The van der Waals surface area contributed by atoms with E-state index in [1.54, 1.807) is 0 Å². The Labute approximate surface area is 80.4 Å².